The molecule has 0 fully saturated rings. The molecule has 0 aromatic carbocycles. The van der Waals surface area contributed by atoms with Crippen molar-refractivity contribution in [2.24, 2.45) is 0 Å². The molecule has 12 heavy (non-hydrogen) atoms. The molecule has 0 saturated carbocycles. The highest BCUT2D eigenvalue weighted by atomic mass is 32.1. The largest absolute Gasteiger partial charge is 0.328 e. The maximum atomic E-state index is 11.0. The first-order valence-corrected chi connectivity index (χ1v) is 4.11. The van der Waals surface area contributed by atoms with E-state index < -0.39 is 5.69 Å². The van der Waals surface area contributed by atoms with E-state index in [9.17, 15) is 9.59 Å². The van der Waals surface area contributed by atoms with Crippen molar-refractivity contribution in [1.29, 1.82) is 0 Å². The van der Waals surface area contributed by atoms with Crippen LogP contribution in [0.15, 0.2) is 15.8 Å². The molecule has 0 aliphatic heterocycles. The van der Waals surface area contributed by atoms with Crippen LogP contribution < -0.4 is 11.2 Å². The lowest BCUT2D eigenvalue weighted by Crippen LogP contribution is -2.31. The number of hydrogen-bond acceptors (Lipinski definition) is 2. The van der Waals surface area contributed by atoms with Gasteiger partial charge in [0.25, 0.3) is 5.56 Å². The normalized spacial score (nSPS) is 10.2. The Morgan fingerprint density at radius 2 is 2.25 bits per heavy atom. The number of nitrogens with zero attached hydrogens (tertiary/aromatic N) is 1. The Labute approximate surface area is 74.7 Å². The molecule has 0 aliphatic carbocycles. The molecule has 5 heteroatoms. The number of aryl methyl sites for hydroxylation is 2. The van der Waals surface area contributed by atoms with Gasteiger partial charge in [-0.05, 0) is 6.92 Å². The van der Waals surface area contributed by atoms with E-state index in [2.05, 4.69) is 4.98 Å². The summed E-state index contributed by atoms with van der Waals surface area (Å²) in [7, 11) is 0. The predicted octanol–water partition coefficient (Wildman–Crippen LogP) is 0.0425. The summed E-state index contributed by atoms with van der Waals surface area (Å²) in [5, 5.41) is 0. The number of aromatic nitrogens is 2. The first-order valence-electron chi connectivity index (χ1n) is 3.53. The van der Waals surface area contributed by atoms with E-state index in [1.807, 2.05) is 0 Å². The van der Waals surface area contributed by atoms with Gasteiger partial charge in [-0.3, -0.25) is 14.3 Å². The highest BCUT2D eigenvalue weighted by Gasteiger charge is 1.98. The Morgan fingerprint density at radius 3 is 2.83 bits per heavy atom. The number of hydrogen-bond donors (Lipinski definition) is 1. The van der Waals surface area contributed by atoms with Gasteiger partial charge in [0.05, 0.1) is 0 Å². The van der Waals surface area contributed by atoms with Gasteiger partial charge in [0, 0.05) is 24.1 Å². The molecule has 1 rings (SSSR count). The number of nitrogens with one attached hydrogen (secondary N) is 1. The predicted molar refractivity (Wildman–Crippen MR) is 48.5 cm³/mol. The summed E-state index contributed by atoms with van der Waals surface area (Å²) >= 11 is 4.72. The third kappa shape index (κ3) is 1.79. The van der Waals surface area contributed by atoms with Gasteiger partial charge in [-0.2, -0.15) is 0 Å². The monoisotopic (exact) mass is 185 g/mol. The lowest BCUT2D eigenvalue weighted by Gasteiger charge is -2.01. The zero-order valence-electron chi connectivity index (χ0n) is 6.66. The molecule has 1 radical (unpaired) electrons. The minimum atomic E-state index is -0.393. The van der Waals surface area contributed by atoms with Gasteiger partial charge in [0.2, 0.25) is 0 Å². The number of rotatable bonds is 2. The van der Waals surface area contributed by atoms with Crippen molar-refractivity contribution in [3.05, 3.63) is 32.6 Å². The van der Waals surface area contributed by atoms with Crippen molar-refractivity contribution in [2.45, 2.75) is 13.5 Å². The van der Waals surface area contributed by atoms with Gasteiger partial charge in [-0.1, -0.05) is 12.6 Å². The standard InChI is InChI=1S/C7H9N2O2S/c1-5-4-9(2-3-12)7(11)8-6(5)10/h4H,2-3H2,1H3,(H,8,10,11). The molecule has 1 aromatic heterocycles. The van der Waals surface area contributed by atoms with E-state index in [1.54, 1.807) is 6.92 Å². The lowest BCUT2D eigenvalue weighted by atomic mass is 10.4. The maximum absolute atomic E-state index is 11.0. The Morgan fingerprint density at radius 1 is 1.58 bits per heavy atom. The third-order valence-electron chi connectivity index (χ3n) is 1.52. The molecule has 0 bridgehead atoms. The van der Waals surface area contributed by atoms with Crippen LogP contribution in [-0.2, 0) is 6.54 Å². The van der Waals surface area contributed by atoms with Crippen LogP contribution in [0.25, 0.3) is 0 Å². The van der Waals surface area contributed by atoms with Crippen LogP contribution in [0, 0.1) is 6.92 Å². The van der Waals surface area contributed by atoms with Crippen LogP contribution in [0.5, 0.6) is 0 Å². The summed E-state index contributed by atoms with van der Waals surface area (Å²) in [5.74, 6) is 0.464. The van der Waals surface area contributed by atoms with E-state index in [0.29, 0.717) is 17.9 Å². The second-order valence-electron chi connectivity index (χ2n) is 2.47. The molecule has 0 aliphatic rings. The summed E-state index contributed by atoms with van der Waals surface area (Å²) in [4.78, 5) is 24.1. The van der Waals surface area contributed by atoms with E-state index in [1.165, 1.54) is 10.8 Å². The van der Waals surface area contributed by atoms with Crippen LogP contribution in [0.3, 0.4) is 0 Å². The second-order valence-corrected chi connectivity index (χ2v) is 2.88. The molecule has 0 amide bonds. The van der Waals surface area contributed by atoms with E-state index in [0.717, 1.165) is 0 Å². The van der Waals surface area contributed by atoms with Crippen molar-refractivity contribution in [2.75, 3.05) is 5.75 Å². The molecule has 1 heterocycles. The second kappa shape index (κ2) is 3.62. The average molecular weight is 185 g/mol. The van der Waals surface area contributed by atoms with Crippen molar-refractivity contribution in [1.82, 2.24) is 9.55 Å². The molecule has 4 nitrogen and oxygen atoms in total. The van der Waals surface area contributed by atoms with Gasteiger partial charge < -0.3 is 0 Å². The molecule has 1 N–H and O–H groups in total. The molecular weight excluding hydrogens is 176 g/mol. The van der Waals surface area contributed by atoms with E-state index >= 15 is 0 Å². The lowest BCUT2D eigenvalue weighted by molar-refractivity contribution is 0.695. The van der Waals surface area contributed by atoms with Crippen molar-refractivity contribution in [3.63, 3.8) is 0 Å². The SMILES string of the molecule is Cc1cn(CC[S])c(=O)[nH]c1=O. The minimum absolute atomic E-state index is 0.333. The summed E-state index contributed by atoms with van der Waals surface area (Å²) in [6.45, 7) is 2.12. The third-order valence-corrected chi connectivity index (χ3v) is 1.70. The Hall–Kier alpha value is -0.970. The quantitative estimate of drug-likeness (QED) is 0.707. The van der Waals surface area contributed by atoms with Gasteiger partial charge in [-0.25, -0.2) is 4.79 Å². The van der Waals surface area contributed by atoms with Crippen LogP contribution in [0.4, 0.5) is 0 Å². The molecular formula is C7H9N2O2S. The van der Waals surface area contributed by atoms with Crippen LogP contribution in [0.1, 0.15) is 5.56 Å². The van der Waals surface area contributed by atoms with Gasteiger partial charge >= 0.3 is 5.69 Å². The Bertz CT molecular complexity index is 380. The fourth-order valence-corrected chi connectivity index (χ4v) is 1.08. The number of aromatic amines is 1. The van der Waals surface area contributed by atoms with Crippen LogP contribution in [0.2, 0.25) is 0 Å². The first kappa shape index (κ1) is 9.12. The zero-order valence-corrected chi connectivity index (χ0v) is 7.48. The average Bonchev–Trinajstić information content (AvgIpc) is 2.01. The Kier molecular flexibility index (Phi) is 2.75. The van der Waals surface area contributed by atoms with Crippen molar-refractivity contribution in [3.8, 4) is 0 Å². The summed E-state index contributed by atoms with van der Waals surface area (Å²) in [6.07, 6.45) is 1.52. The van der Waals surface area contributed by atoms with Crippen molar-refractivity contribution >= 4 is 12.6 Å². The van der Waals surface area contributed by atoms with Gasteiger partial charge in [-0.15, -0.1) is 0 Å². The molecule has 0 spiro atoms. The highest BCUT2D eigenvalue weighted by Crippen LogP contribution is 1.85. The van der Waals surface area contributed by atoms with E-state index in [-0.39, 0.29) is 5.56 Å². The molecule has 65 valence electrons. The molecule has 0 unspecified atom stereocenters. The number of H-pyrrole nitrogens is 1. The fourth-order valence-electron chi connectivity index (χ4n) is 0.883. The summed E-state index contributed by atoms with van der Waals surface area (Å²) in [6, 6.07) is 0. The molecule has 0 atom stereocenters. The topological polar surface area (TPSA) is 54.9 Å². The molecule has 0 saturated heterocycles. The highest BCUT2D eigenvalue weighted by molar-refractivity contribution is 7.80. The van der Waals surface area contributed by atoms with Crippen LogP contribution in [-0.4, -0.2) is 15.3 Å². The summed E-state index contributed by atoms with van der Waals surface area (Å²) in [5.41, 5.74) is -0.200. The van der Waals surface area contributed by atoms with Crippen molar-refractivity contribution < 1.29 is 0 Å². The van der Waals surface area contributed by atoms with Gasteiger partial charge in [0.1, 0.15) is 0 Å². The van der Waals surface area contributed by atoms with Gasteiger partial charge in [0.15, 0.2) is 0 Å². The van der Waals surface area contributed by atoms with E-state index in [4.69, 9.17) is 12.6 Å². The first-order chi connectivity index (χ1) is 5.65. The zero-order chi connectivity index (χ0) is 9.14. The van der Waals surface area contributed by atoms with Crippen LogP contribution >= 0.6 is 12.6 Å². The smallest absolute Gasteiger partial charge is 0.299 e. The fraction of sp³-hybridized carbons (Fsp3) is 0.429. The minimum Gasteiger partial charge on any atom is -0.299 e. The maximum Gasteiger partial charge on any atom is 0.328 e. The molecule has 1 aromatic rings. The Balaban J connectivity index is 3.24. The summed E-state index contributed by atoms with van der Waals surface area (Å²) < 4.78 is 1.41.